The van der Waals surface area contributed by atoms with Crippen molar-refractivity contribution in [2.75, 3.05) is 0 Å². The first-order chi connectivity index (χ1) is 10.5. The summed E-state index contributed by atoms with van der Waals surface area (Å²) in [6.07, 6.45) is 1.01. The van der Waals surface area contributed by atoms with Gasteiger partial charge in [0, 0.05) is 0 Å². The van der Waals surface area contributed by atoms with Crippen LogP contribution < -0.4 is 4.74 Å². The summed E-state index contributed by atoms with van der Waals surface area (Å²) in [6, 6.07) is 6.51. The number of ether oxygens (including phenoxy) is 1. The zero-order chi connectivity index (χ0) is 15.9. The highest BCUT2D eigenvalue weighted by atomic mass is 19.2. The monoisotopic (exact) mass is 312 g/mol. The molecule has 0 saturated heterocycles. The summed E-state index contributed by atoms with van der Waals surface area (Å²) in [6.45, 7) is 0. The summed E-state index contributed by atoms with van der Waals surface area (Å²) < 4.78 is 70.8. The fraction of sp³-hybridized carbons (Fsp3) is 0. The number of benzene rings is 2. The zero-order valence-electron chi connectivity index (χ0n) is 10.6. The van der Waals surface area contributed by atoms with Crippen molar-refractivity contribution < 1.29 is 26.7 Å². The second-order valence-corrected chi connectivity index (χ2v) is 4.20. The molecule has 8 heteroatoms. The number of rotatable bonds is 2. The van der Waals surface area contributed by atoms with E-state index in [0.29, 0.717) is 11.0 Å². The summed E-state index contributed by atoms with van der Waals surface area (Å²) >= 11 is 0. The number of halogens is 5. The van der Waals surface area contributed by atoms with Gasteiger partial charge in [0.1, 0.15) is 0 Å². The zero-order valence-corrected chi connectivity index (χ0v) is 10.6. The van der Waals surface area contributed by atoms with Crippen LogP contribution in [-0.2, 0) is 0 Å². The minimum Gasteiger partial charge on any atom is -0.431 e. The van der Waals surface area contributed by atoms with Crippen LogP contribution in [-0.4, -0.2) is 9.97 Å². The second-order valence-electron chi connectivity index (χ2n) is 4.20. The van der Waals surface area contributed by atoms with Gasteiger partial charge in [0.15, 0.2) is 0 Å². The molecule has 0 radical (unpaired) electrons. The predicted octanol–water partition coefficient (Wildman–Crippen LogP) is 4.12. The molecule has 22 heavy (non-hydrogen) atoms. The molecule has 2 aromatic carbocycles. The molecule has 0 amide bonds. The highest BCUT2D eigenvalue weighted by Gasteiger charge is 2.27. The van der Waals surface area contributed by atoms with Gasteiger partial charge in [-0.05, 0) is 12.1 Å². The average molecular weight is 312 g/mol. The fourth-order valence-electron chi connectivity index (χ4n) is 1.77. The van der Waals surface area contributed by atoms with Crippen molar-refractivity contribution in [2.45, 2.75) is 0 Å². The highest BCUT2D eigenvalue weighted by molar-refractivity contribution is 5.74. The first-order valence-corrected chi connectivity index (χ1v) is 5.90. The van der Waals surface area contributed by atoms with Crippen LogP contribution in [0.5, 0.6) is 11.6 Å². The molecule has 0 spiro atoms. The highest BCUT2D eigenvalue weighted by Crippen LogP contribution is 2.32. The molecule has 0 unspecified atom stereocenters. The molecular weight excluding hydrogens is 307 g/mol. The molecule has 0 N–H and O–H groups in total. The van der Waals surface area contributed by atoms with Gasteiger partial charge < -0.3 is 4.74 Å². The van der Waals surface area contributed by atoms with E-state index in [4.69, 9.17) is 4.74 Å². The van der Waals surface area contributed by atoms with Crippen LogP contribution in [0.25, 0.3) is 11.0 Å². The molecule has 0 saturated carbocycles. The van der Waals surface area contributed by atoms with E-state index in [2.05, 4.69) is 9.97 Å². The summed E-state index contributed by atoms with van der Waals surface area (Å²) in [5.74, 6) is -12.4. The van der Waals surface area contributed by atoms with Gasteiger partial charge in [0.2, 0.25) is 40.7 Å². The second kappa shape index (κ2) is 5.21. The van der Waals surface area contributed by atoms with Gasteiger partial charge in [0.25, 0.3) is 0 Å². The molecule has 3 aromatic rings. The topological polar surface area (TPSA) is 35.0 Å². The Morgan fingerprint density at radius 3 is 1.91 bits per heavy atom. The number of fused-ring (bicyclic) bond motifs is 1. The minimum absolute atomic E-state index is 0.337. The Bertz CT molecular complexity index is 855. The largest absolute Gasteiger partial charge is 0.431 e. The van der Waals surface area contributed by atoms with Crippen LogP contribution >= 0.6 is 0 Å². The lowest BCUT2D eigenvalue weighted by Crippen LogP contribution is -2.04. The first-order valence-electron chi connectivity index (χ1n) is 5.90. The molecule has 0 aliphatic heterocycles. The van der Waals surface area contributed by atoms with Gasteiger partial charge in [-0.15, -0.1) is 0 Å². The quantitative estimate of drug-likeness (QED) is 0.406. The first kappa shape index (κ1) is 14.2. The van der Waals surface area contributed by atoms with Crippen LogP contribution in [0.2, 0.25) is 0 Å². The van der Waals surface area contributed by atoms with Gasteiger partial charge in [-0.2, -0.15) is 8.78 Å². The Hall–Kier alpha value is -2.77. The van der Waals surface area contributed by atoms with Crippen molar-refractivity contribution in [2.24, 2.45) is 0 Å². The molecule has 0 fully saturated rings. The molecular formula is C14H5F5N2O. The Balaban J connectivity index is 2.08. The number of aromatic nitrogens is 2. The lowest BCUT2D eigenvalue weighted by molar-refractivity contribution is 0.328. The Morgan fingerprint density at radius 2 is 1.27 bits per heavy atom. The van der Waals surface area contributed by atoms with E-state index >= 15 is 0 Å². The third-order valence-corrected chi connectivity index (χ3v) is 2.80. The van der Waals surface area contributed by atoms with Crippen molar-refractivity contribution in [3.05, 3.63) is 59.5 Å². The molecule has 0 aliphatic carbocycles. The summed E-state index contributed by atoms with van der Waals surface area (Å²) in [5, 5.41) is 0. The number of hydrogen-bond acceptors (Lipinski definition) is 3. The maximum atomic E-state index is 13.5. The van der Waals surface area contributed by atoms with Gasteiger partial charge in [-0.3, -0.25) is 0 Å². The van der Waals surface area contributed by atoms with E-state index in [-0.39, 0.29) is 0 Å². The van der Waals surface area contributed by atoms with Crippen LogP contribution in [0.1, 0.15) is 0 Å². The lowest BCUT2D eigenvalue weighted by Gasteiger charge is -2.09. The third-order valence-electron chi connectivity index (χ3n) is 2.80. The normalized spacial score (nSPS) is 11.0. The van der Waals surface area contributed by atoms with Gasteiger partial charge in [-0.25, -0.2) is 23.1 Å². The van der Waals surface area contributed by atoms with Crippen molar-refractivity contribution in [1.29, 1.82) is 0 Å². The van der Waals surface area contributed by atoms with E-state index in [1.165, 1.54) is 0 Å². The van der Waals surface area contributed by atoms with E-state index in [9.17, 15) is 22.0 Å². The van der Waals surface area contributed by atoms with E-state index in [0.717, 1.165) is 6.20 Å². The molecule has 3 nitrogen and oxygen atoms in total. The van der Waals surface area contributed by atoms with Crippen LogP contribution in [0, 0.1) is 29.1 Å². The Morgan fingerprint density at radius 1 is 0.727 bits per heavy atom. The van der Waals surface area contributed by atoms with E-state index < -0.39 is 40.7 Å². The lowest BCUT2D eigenvalue weighted by atomic mass is 10.2. The molecule has 0 atom stereocenters. The molecule has 0 bridgehead atoms. The summed E-state index contributed by atoms with van der Waals surface area (Å²) in [7, 11) is 0. The Kier molecular flexibility index (Phi) is 3.36. The smallest absolute Gasteiger partial charge is 0.238 e. The number of para-hydroxylation sites is 2. The van der Waals surface area contributed by atoms with Gasteiger partial charge in [-0.1, -0.05) is 12.1 Å². The maximum absolute atomic E-state index is 13.5. The molecule has 112 valence electrons. The van der Waals surface area contributed by atoms with Gasteiger partial charge in [0.05, 0.1) is 17.2 Å². The Labute approximate surface area is 120 Å². The van der Waals surface area contributed by atoms with Crippen LogP contribution in [0.15, 0.2) is 30.5 Å². The van der Waals surface area contributed by atoms with Crippen molar-refractivity contribution in [1.82, 2.24) is 9.97 Å². The standard InChI is InChI=1S/C14H5F5N2O/c15-9-10(16)12(18)14(13(19)11(9)17)22-8-5-20-6-3-1-2-4-7(6)21-8/h1-5H. The van der Waals surface area contributed by atoms with Crippen molar-refractivity contribution in [3.8, 4) is 11.6 Å². The average Bonchev–Trinajstić information content (AvgIpc) is 2.55. The summed E-state index contributed by atoms with van der Waals surface area (Å²) in [5.41, 5.74) is 0.816. The predicted molar refractivity (Wildman–Crippen MR) is 65.8 cm³/mol. The number of hydrogen-bond donors (Lipinski definition) is 0. The van der Waals surface area contributed by atoms with Crippen molar-refractivity contribution in [3.63, 3.8) is 0 Å². The SMILES string of the molecule is Fc1c(F)c(F)c(Oc2cnc3ccccc3n2)c(F)c1F. The molecule has 0 aliphatic rings. The van der Waals surface area contributed by atoms with E-state index in [1.54, 1.807) is 24.3 Å². The van der Waals surface area contributed by atoms with Crippen LogP contribution in [0.4, 0.5) is 22.0 Å². The molecule has 1 heterocycles. The third kappa shape index (κ3) is 2.22. The summed E-state index contributed by atoms with van der Waals surface area (Å²) in [4.78, 5) is 7.78. The van der Waals surface area contributed by atoms with Crippen LogP contribution in [0.3, 0.4) is 0 Å². The number of nitrogens with zero attached hydrogens (tertiary/aromatic N) is 2. The van der Waals surface area contributed by atoms with E-state index in [1.807, 2.05) is 0 Å². The fourth-order valence-corrected chi connectivity index (χ4v) is 1.77. The van der Waals surface area contributed by atoms with Gasteiger partial charge >= 0.3 is 0 Å². The molecule has 3 rings (SSSR count). The maximum Gasteiger partial charge on any atom is 0.238 e. The van der Waals surface area contributed by atoms with Crippen molar-refractivity contribution >= 4 is 11.0 Å². The molecule has 1 aromatic heterocycles. The minimum atomic E-state index is -2.26.